The molecule has 0 radical (unpaired) electrons. The zero-order valence-electron chi connectivity index (χ0n) is 27.9. The van der Waals surface area contributed by atoms with E-state index in [1.165, 1.54) is 38.2 Å². The third-order valence-corrected chi connectivity index (χ3v) is 9.61. The number of anilines is 2. The van der Waals surface area contributed by atoms with Gasteiger partial charge in [-0.25, -0.2) is 18.7 Å². The molecule has 2 aliphatic heterocycles. The quantitative estimate of drug-likeness (QED) is 0.195. The number of benzene rings is 1. The summed E-state index contributed by atoms with van der Waals surface area (Å²) in [7, 11) is 0. The van der Waals surface area contributed by atoms with Crippen molar-refractivity contribution in [2.24, 2.45) is 0 Å². The van der Waals surface area contributed by atoms with E-state index < -0.39 is 11.6 Å². The van der Waals surface area contributed by atoms with Crippen molar-refractivity contribution in [3.63, 3.8) is 0 Å². The van der Waals surface area contributed by atoms with E-state index >= 15 is 8.78 Å². The third-order valence-electron chi connectivity index (χ3n) is 8.59. The first-order valence-electron chi connectivity index (χ1n) is 16.6. The van der Waals surface area contributed by atoms with Crippen molar-refractivity contribution in [2.45, 2.75) is 99.2 Å². The van der Waals surface area contributed by atoms with Crippen LogP contribution in [-0.4, -0.2) is 36.3 Å². The van der Waals surface area contributed by atoms with Gasteiger partial charge < -0.3 is 20.1 Å². The summed E-state index contributed by atoms with van der Waals surface area (Å²) >= 11 is 1.00. The number of nitrogens with zero attached hydrogens (tertiary/aromatic N) is 4. The molecule has 0 bridgehead atoms. The molecule has 7 nitrogen and oxygen atoms in total. The van der Waals surface area contributed by atoms with Gasteiger partial charge in [0.1, 0.15) is 22.4 Å². The van der Waals surface area contributed by atoms with Crippen LogP contribution in [0, 0.1) is 17.1 Å². The number of allylic oxidation sites excluding steroid dienone is 2. The van der Waals surface area contributed by atoms with Crippen molar-refractivity contribution in [3.05, 3.63) is 56.4 Å². The van der Waals surface area contributed by atoms with Gasteiger partial charge in [-0.2, -0.15) is 5.26 Å². The summed E-state index contributed by atoms with van der Waals surface area (Å²) in [6.07, 6.45) is 12.0. The highest BCUT2D eigenvalue weighted by atomic mass is 32.1. The van der Waals surface area contributed by atoms with E-state index in [1.807, 2.05) is 13.8 Å². The number of nitriles is 1. The molecule has 0 saturated carbocycles. The number of nitrogens with two attached hydrogens (primary N) is 1. The van der Waals surface area contributed by atoms with Crippen molar-refractivity contribution in [1.82, 2.24) is 9.97 Å². The molecule has 0 aliphatic carbocycles. The van der Waals surface area contributed by atoms with Crippen molar-refractivity contribution in [3.8, 4) is 6.07 Å². The summed E-state index contributed by atoms with van der Waals surface area (Å²) in [5.74, 6) is -0.516. The summed E-state index contributed by atoms with van der Waals surface area (Å²) in [5, 5.41) is 10.8. The number of hydrogen-bond acceptors (Lipinski definition) is 8. The zero-order valence-corrected chi connectivity index (χ0v) is 28.7. The highest BCUT2D eigenvalue weighted by Crippen LogP contribution is 2.47. The van der Waals surface area contributed by atoms with Crippen LogP contribution in [0.3, 0.4) is 0 Å². The smallest absolute Gasteiger partial charge is 0.225 e. The fraction of sp³-hybridized carbons (Fsp3) is 0.528. The predicted octanol–water partition coefficient (Wildman–Crippen LogP) is 9.47. The average molecular weight is 652 g/mol. The molecule has 3 aromatic rings. The summed E-state index contributed by atoms with van der Waals surface area (Å²) in [6, 6.07) is 2.13. The molecule has 2 aromatic heterocycles. The van der Waals surface area contributed by atoms with Crippen molar-refractivity contribution < 1.29 is 18.3 Å². The Kier molecular flexibility index (Phi) is 13.1. The molecule has 1 aromatic carbocycles. The van der Waals surface area contributed by atoms with Gasteiger partial charge in [-0.15, -0.1) is 11.3 Å². The van der Waals surface area contributed by atoms with Gasteiger partial charge in [0.2, 0.25) is 5.95 Å². The average Bonchev–Trinajstić information content (AvgIpc) is 3.85. The normalized spacial score (nSPS) is 15.1. The Morgan fingerprint density at radius 1 is 1.11 bits per heavy atom. The molecule has 2 N–H and O–H groups in total. The molecule has 0 atom stereocenters. The largest absolute Gasteiger partial charge is 0.389 e. The second-order valence-corrected chi connectivity index (χ2v) is 12.8. The molecular formula is C36H47F2N5O2S. The van der Waals surface area contributed by atoms with Crippen LogP contribution in [0.4, 0.5) is 19.7 Å². The fourth-order valence-electron chi connectivity index (χ4n) is 5.86. The predicted molar refractivity (Wildman–Crippen MR) is 185 cm³/mol. The molecule has 0 amide bonds. The van der Waals surface area contributed by atoms with Gasteiger partial charge in [-0.3, -0.25) is 0 Å². The second kappa shape index (κ2) is 17.0. The third kappa shape index (κ3) is 7.59. The van der Waals surface area contributed by atoms with Crippen LogP contribution >= 0.6 is 11.3 Å². The molecule has 1 saturated heterocycles. The highest BCUT2D eigenvalue weighted by Gasteiger charge is 2.32. The fourth-order valence-corrected chi connectivity index (χ4v) is 6.85. The lowest BCUT2D eigenvalue weighted by atomic mass is 9.85. The lowest BCUT2D eigenvalue weighted by Crippen LogP contribution is -2.20. The number of thiophene rings is 1. The van der Waals surface area contributed by atoms with E-state index in [9.17, 15) is 5.26 Å². The number of rotatable bonds is 12. The van der Waals surface area contributed by atoms with Gasteiger partial charge in [0.25, 0.3) is 0 Å². The minimum absolute atomic E-state index is 0.155. The first kappa shape index (κ1) is 35.5. The van der Waals surface area contributed by atoms with Gasteiger partial charge in [0.15, 0.2) is 5.82 Å². The number of unbranched alkanes of at least 4 members (excludes halogenated alkanes) is 3. The molecule has 2 aliphatic rings. The number of halogens is 2. The molecule has 5 rings (SSSR count). The molecule has 10 heteroatoms. The number of nitrogen functional groups attached to an aromatic ring is 1. The standard InChI is InChI=1S/C27H27F2N5OS.C9H20O/c1-4-14(3)20(22-15(10-30)26(31)36-25(22)19(28)5-2)21-18-13-35-12-17(18)16-11-32-27(33-24(16)23(21)29)34-8-6-7-9-34;1-3-5-7-9-10-8-6-4-2/h5,11H,4,6-9,12-13,31H2,1-3H3;3-9H2,1-2H3/b19-5+,20-14+;. The van der Waals surface area contributed by atoms with Gasteiger partial charge >= 0.3 is 0 Å². The minimum atomic E-state index is -0.514. The van der Waals surface area contributed by atoms with Gasteiger partial charge in [0.05, 0.1) is 23.7 Å². The summed E-state index contributed by atoms with van der Waals surface area (Å²) in [5.41, 5.74) is 9.97. The SMILES string of the molecule is C/C=C(/F)c1sc(N)c(C#N)c1/C(=C(\C)CC)c1c2c(c3cnc(N4CCCC4)nc3c1F)COC2.CCCCCOCCCC. The first-order valence-corrected chi connectivity index (χ1v) is 17.4. The molecule has 1 fully saturated rings. The zero-order chi connectivity index (χ0) is 33.2. The minimum Gasteiger partial charge on any atom is -0.389 e. The Balaban J connectivity index is 0.000000416. The van der Waals surface area contributed by atoms with E-state index in [0.717, 1.165) is 61.6 Å². The van der Waals surface area contributed by atoms with Crippen molar-refractivity contribution in [1.29, 1.82) is 5.26 Å². The van der Waals surface area contributed by atoms with E-state index in [2.05, 4.69) is 34.8 Å². The summed E-state index contributed by atoms with van der Waals surface area (Å²) in [4.78, 5) is 11.5. The van der Waals surface area contributed by atoms with Crippen LogP contribution in [0.5, 0.6) is 0 Å². The van der Waals surface area contributed by atoms with Crippen LogP contribution in [0.2, 0.25) is 0 Å². The van der Waals surface area contributed by atoms with Crippen LogP contribution in [0.1, 0.15) is 119 Å². The second-order valence-electron chi connectivity index (χ2n) is 11.7. The molecule has 4 heterocycles. The Morgan fingerprint density at radius 3 is 2.46 bits per heavy atom. The maximum absolute atomic E-state index is 16.7. The maximum Gasteiger partial charge on any atom is 0.225 e. The maximum atomic E-state index is 16.7. The number of hydrogen-bond donors (Lipinski definition) is 1. The summed E-state index contributed by atoms with van der Waals surface area (Å²) in [6.45, 7) is 13.9. The molecule has 248 valence electrons. The number of ether oxygens (including phenoxy) is 2. The monoisotopic (exact) mass is 651 g/mol. The lowest BCUT2D eigenvalue weighted by molar-refractivity contribution is 0.127. The van der Waals surface area contributed by atoms with E-state index in [4.69, 9.17) is 15.2 Å². The van der Waals surface area contributed by atoms with E-state index in [1.54, 1.807) is 13.1 Å². The van der Waals surface area contributed by atoms with Crippen molar-refractivity contribution in [2.75, 3.05) is 36.9 Å². The van der Waals surface area contributed by atoms with Gasteiger partial charge in [0, 0.05) is 49.0 Å². The molecule has 0 spiro atoms. The topological polar surface area (TPSA) is 97.3 Å². The van der Waals surface area contributed by atoms with Gasteiger partial charge in [-0.1, -0.05) is 51.7 Å². The van der Waals surface area contributed by atoms with Crippen molar-refractivity contribution >= 4 is 44.6 Å². The Bertz CT molecular complexity index is 1610. The molecular weight excluding hydrogens is 604 g/mol. The van der Waals surface area contributed by atoms with E-state index in [-0.39, 0.29) is 27.6 Å². The lowest BCUT2D eigenvalue weighted by Gasteiger charge is -2.20. The van der Waals surface area contributed by atoms with E-state index in [0.29, 0.717) is 46.6 Å². The highest BCUT2D eigenvalue weighted by molar-refractivity contribution is 7.17. The Labute approximate surface area is 276 Å². The first-order chi connectivity index (χ1) is 22.3. The summed E-state index contributed by atoms with van der Waals surface area (Å²) < 4.78 is 42.9. The van der Waals surface area contributed by atoms with Gasteiger partial charge in [-0.05, 0) is 62.7 Å². The van der Waals surface area contributed by atoms with Crippen LogP contribution in [0.25, 0.3) is 22.3 Å². The Hall–Kier alpha value is -3.39. The number of aromatic nitrogens is 2. The number of fused-ring (bicyclic) bond motifs is 3. The van der Waals surface area contributed by atoms with Crippen LogP contribution in [0.15, 0.2) is 17.8 Å². The van der Waals surface area contributed by atoms with Crippen LogP contribution in [-0.2, 0) is 22.7 Å². The Morgan fingerprint density at radius 2 is 1.80 bits per heavy atom. The van der Waals surface area contributed by atoms with Crippen LogP contribution < -0.4 is 10.6 Å². The molecule has 0 unspecified atom stereocenters. The molecule has 46 heavy (non-hydrogen) atoms.